The van der Waals surface area contributed by atoms with Crippen molar-refractivity contribution < 1.29 is 19.2 Å². The summed E-state index contributed by atoms with van der Waals surface area (Å²) in [5.74, 6) is 0.0661. The largest absolute Gasteiger partial charge is 0.399 e. The summed E-state index contributed by atoms with van der Waals surface area (Å²) in [7, 11) is 0. The van der Waals surface area contributed by atoms with Crippen molar-refractivity contribution in [2.45, 2.75) is 80.3 Å². The number of hydrogen-bond acceptors (Lipinski definition) is 7. The number of nitrogen functional groups attached to an aromatic ring is 1. The second-order valence-electron chi connectivity index (χ2n) is 18.9. The van der Waals surface area contributed by atoms with Gasteiger partial charge in [-0.25, -0.2) is 0 Å². The summed E-state index contributed by atoms with van der Waals surface area (Å²) in [6.45, 7) is 19.7. The molecule has 0 saturated carbocycles. The molecule has 0 bridgehead atoms. The Morgan fingerprint density at radius 2 is 0.840 bits per heavy atom. The van der Waals surface area contributed by atoms with Gasteiger partial charge in [-0.3, -0.25) is 29.0 Å². The van der Waals surface area contributed by atoms with Crippen LogP contribution in [0.2, 0.25) is 0 Å². The summed E-state index contributed by atoms with van der Waals surface area (Å²) in [6.07, 6.45) is 4.01. The lowest BCUT2D eigenvalue weighted by Crippen LogP contribution is -2.30. The lowest BCUT2D eigenvalue weighted by atomic mass is 9.87. The van der Waals surface area contributed by atoms with Crippen LogP contribution in [0, 0.1) is 0 Å². The molecule has 0 radical (unpaired) electrons. The minimum absolute atomic E-state index is 0.0626. The predicted molar refractivity (Wildman–Crippen MR) is 309 cm³/mol. The number of anilines is 2. The first-order valence-corrected chi connectivity index (χ1v) is 26.8. The summed E-state index contributed by atoms with van der Waals surface area (Å²) in [6, 6.07) is 53.7. The van der Waals surface area contributed by atoms with Crippen LogP contribution in [0.15, 0.2) is 169 Å². The molecule has 2 heterocycles. The van der Waals surface area contributed by atoms with E-state index in [4.69, 9.17) is 5.73 Å². The Labute approximate surface area is 450 Å². The average molecular weight is 1030 g/mol. The van der Waals surface area contributed by atoms with E-state index < -0.39 is 0 Å². The summed E-state index contributed by atoms with van der Waals surface area (Å²) in [4.78, 5) is 55.3. The number of benzene rings is 6. The third-order valence-corrected chi connectivity index (χ3v) is 13.7. The Morgan fingerprint density at radius 3 is 1.20 bits per heavy atom. The van der Waals surface area contributed by atoms with Crippen LogP contribution in [0.4, 0.5) is 11.4 Å². The third kappa shape index (κ3) is 17.0. The van der Waals surface area contributed by atoms with Gasteiger partial charge in [0.2, 0.25) is 11.1 Å². The third-order valence-electron chi connectivity index (χ3n) is 13.7. The van der Waals surface area contributed by atoms with Crippen molar-refractivity contribution in [2.75, 3.05) is 63.4 Å². The number of carbonyl (C=O) groups is 4. The molecular weight excluding hydrogens is 952 g/mol. The first-order chi connectivity index (χ1) is 36.3. The standard InChI is InChI=1S/C32H37N3O2.C30H35N3O.C2H3ClO/c1-4-35(5-2)32(37)28-16-14-26(15-17-28)31(29-12-9-13-30(22-29)33-24(3)36)27-18-20-34(21-19-27)23-25-10-7-6-8-11-25;1-3-33(4-2)30(34)26-15-13-24(14-16-26)29(27-11-8-12-28(31)21-27)25-17-19-32(20-18-25)22-23-9-6-5-7-10-23;1-2(3)4/h6-17,22H,4-5,18-21,23H2,1-3H3,(H,33,36);5-16,21H,3-4,17-20,22,31H2,1-2H3;1H3. The molecule has 0 unspecified atom stereocenters. The molecule has 2 saturated heterocycles. The molecule has 10 nitrogen and oxygen atoms in total. The Bertz CT molecular complexity index is 2850. The molecule has 6 aromatic rings. The highest BCUT2D eigenvalue weighted by Crippen LogP contribution is 2.36. The molecule has 392 valence electrons. The van der Waals surface area contributed by atoms with Gasteiger partial charge >= 0.3 is 0 Å². The normalized spacial score (nSPS) is 13.5. The van der Waals surface area contributed by atoms with Gasteiger partial charge in [-0.2, -0.15) is 0 Å². The zero-order valence-electron chi connectivity index (χ0n) is 44.8. The van der Waals surface area contributed by atoms with Crippen molar-refractivity contribution in [1.29, 1.82) is 0 Å². The molecule has 0 atom stereocenters. The number of nitrogens with two attached hydrogens (primary N) is 1. The van der Waals surface area contributed by atoms with Crippen LogP contribution in [0.1, 0.15) is 121 Å². The highest BCUT2D eigenvalue weighted by atomic mass is 35.5. The molecule has 2 fully saturated rings. The Kier molecular flexibility index (Phi) is 22.2. The topological polar surface area (TPSA) is 119 Å². The van der Waals surface area contributed by atoms with Crippen LogP contribution in [0.25, 0.3) is 11.1 Å². The van der Waals surface area contributed by atoms with E-state index in [9.17, 15) is 19.2 Å². The Morgan fingerprint density at radius 1 is 0.480 bits per heavy atom. The van der Waals surface area contributed by atoms with Crippen LogP contribution in [-0.2, 0) is 22.7 Å². The van der Waals surface area contributed by atoms with Crippen molar-refractivity contribution in [3.63, 3.8) is 0 Å². The fraction of sp³-hybridized carbons (Fsp3) is 0.312. The van der Waals surface area contributed by atoms with E-state index in [0.717, 1.165) is 117 Å². The van der Waals surface area contributed by atoms with E-state index >= 15 is 0 Å². The minimum atomic E-state index is -0.361. The molecule has 0 spiro atoms. The van der Waals surface area contributed by atoms with Gasteiger partial charge in [-0.05, 0) is 158 Å². The van der Waals surface area contributed by atoms with Gasteiger partial charge in [0.25, 0.3) is 11.8 Å². The maximum Gasteiger partial charge on any atom is 0.253 e. The number of halogens is 1. The molecule has 3 amide bonds. The molecule has 8 rings (SSSR count). The summed E-state index contributed by atoms with van der Waals surface area (Å²) in [5.41, 5.74) is 21.7. The predicted octanol–water partition coefficient (Wildman–Crippen LogP) is 12.8. The maximum absolute atomic E-state index is 12.9. The van der Waals surface area contributed by atoms with Crippen molar-refractivity contribution in [1.82, 2.24) is 19.6 Å². The van der Waals surface area contributed by atoms with E-state index in [1.165, 1.54) is 47.3 Å². The monoisotopic (exact) mass is 1030 g/mol. The number of rotatable bonds is 15. The molecule has 0 aliphatic carbocycles. The van der Waals surface area contributed by atoms with E-state index in [2.05, 4.69) is 136 Å². The molecule has 75 heavy (non-hydrogen) atoms. The number of piperidine rings is 2. The first-order valence-electron chi connectivity index (χ1n) is 26.5. The zero-order chi connectivity index (χ0) is 53.7. The van der Waals surface area contributed by atoms with Crippen LogP contribution in [0.5, 0.6) is 0 Å². The van der Waals surface area contributed by atoms with E-state index in [-0.39, 0.29) is 23.0 Å². The first kappa shape index (κ1) is 57.2. The molecule has 6 aromatic carbocycles. The fourth-order valence-electron chi connectivity index (χ4n) is 9.89. The van der Waals surface area contributed by atoms with Gasteiger partial charge < -0.3 is 20.9 Å². The van der Waals surface area contributed by atoms with Crippen LogP contribution >= 0.6 is 11.6 Å². The summed E-state index contributed by atoms with van der Waals surface area (Å²) >= 11 is 4.64. The average Bonchev–Trinajstić information content (AvgIpc) is 3.41. The highest BCUT2D eigenvalue weighted by molar-refractivity contribution is 6.62. The lowest BCUT2D eigenvalue weighted by molar-refractivity contribution is -0.114. The highest BCUT2D eigenvalue weighted by Gasteiger charge is 2.23. The smallest absolute Gasteiger partial charge is 0.253 e. The number of nitrogens with zero attached hydrogens (tertiary/aromatic N) is 4. The molecule has 2 aliphatic heterocycles. The van der Waals surface area contributed by atoms with E-state index in [1.54, 1.807) is 0 Å². The van der Waals surface area contributed by atoms with Gasteiger partial charge in [0.1, 0.15) is 0 Å². The number of likely N-dealkylation sites (tertiary alicyclic amines) is 2. The molecule has 3 N–H and O–H groups in total. The van der Waals surface area contributed by atoms with Gasteiger partial charge in [0, 0.05) is 102 Å². The maximum atomic E-state index is 12.9. The second-order valence-corrected chi connectivity index (χ2v) is 19.5. The van der Waals surface area contributed by atoms with Crippen LogP contribution in [-0.4, -0.2) is 94.9 Å². The second kappa shape index (κ2) is 29.1. The number of amides is 3. The zero-order valence-corrected chi connectivity index (χ0v) is 45.5. The van der Waals surface area contributed by atoms with Crippen LogP contribution in [0.3, 0.4) is 0 Å². The van der Waals surface area contributed by atoms with Gasteiger partial charge in [0.05, 0.1) is 0 Å². The van der Waals surface area contributed by atoms with Gasteiger partial charge in [-0.1, -0.05) is 120 Å². The molecule has 0 aromatic heterocycles. The van der Waals surface area contributed by atoms with Crippen LogP contribution < -0.4 is 11.1 Å². The molecule has 2 aliphatic rings. The van der Waals surface area contributed by atoms with Crippen molar-refractivity contribution >= 4 is 57.1 Å². The van der Waals surface area contributed by atoms with Crippen molar-refractivity contribution in [3.8, 4) is 0 Å². The molecule has 11 heteroatoms. The number of hydrogen-bond donors (Lipinski definition) is 2. The van der Waals surface area contributed by atoms with Crippen molar-refractivity contribution in [2.24, 2.45) is 0 Å². The summed E-state index contributed by atoms with van der Waals surface area (Å²) in [5, 5.41) is 2.56. The van der Waals surface area contributed by atoms with E-state index in [1.807, 2.05) is 86.0 Å². The minimum Gasteiger partial charge on any atom is -0.399 e. The van der Waals surface area contributed by atoms with Gasteiger partial charge in [0.15, 0.2) is 0 Å². The molecular formula is C64H75ClN6O4. The number of nitrogens with one attached hydrogen (secondary N) is 1. The quantitative estimate of drug-likeness (QED) is 0.0776. The number of carbonyl (C=O) groups excluding carboxylic acids is 4. The Hall–Kier alpha value is -7.11. The van der Waals surface area contributed by atoms with Gasteiger partial charge in [-0.15, -0.1) is 0 Å². The lowest BCUT2D eigenvalue weighted by Gasteiger charge is -2.30. The SMILES string of the molecule is CC(=O)Cl.CCN(CC)C(=O)c1ccc(C(=C2CCN(Cc3ccccc3)CC2)c2cccc(N)c2)cc1.CCN(CC)C(=O)c1ccc(C(=C2CCN(Cc3ccccc3)CC2)c2cccc(NC(C)=O)c2)cc1. The fourth-order valence-corrected chi connectivity index (χ4v) is 9.89. The van der Waals surface area contributed by atoms with Crippen molar-refractivity contribution in [3.05, 3.63) is 213 Å². The van der Waals surface area contributed by atoms with E-state index in [0.29, 0.717) is 18.7 Å². The summed E-state index contributed by atoms with van der Waals surface area (Å²) < 4.78 is 0. The Balaban J connectivity index is 0.000000228.